The Morgan fingerprint density at radius 2 is 1.87 bits per heavy atom. The molecular formula is C27H21F3N4O4. The quantitative estimate of drug-likeness (QED) is 0.365. The van der Waals surface area contributed by atoms with Crippen LogP contribution in [0.3, 0.4) is 0 Å². The number of aromatic nitrogens is 2. The van der Waals surface area contributed by atoms with Gasteiger partial charge in [-0.1, -0.05) is 36.4 Å². The standard InChI is InChI=1S/C27H21F3N4O4/c1-2-37-26(36)32-24-14-17-9-8-16(13-21(17)31-24)20-11-15(7-10-23(20)38-27(28,29)30)12-22-18-5-3-4-6-19(18)25(35)34-33-22/h3-11,13H,2,12,14H2,1H3,(H,34,35)(H,31,32,36). The maximum atomic E-state index is 13.2. The third-order valence-corrected chi connectivity index (χ3v) is 5.95. The summed E-state index contributed by atoms with van der Waals surface area (Å²) in [5.41, 5.74) is 2.89. The molecule has 0 saturated heterocycles. The number of fused-ring (bicyclic) bond motifs is 2. The van der Waals surface area contributed by atoms with E-state index < -0.39 is 12.5 Å². The van der Waals surface area contributed by atoms with E-state index in [0.29, 0.717) is 45.5 Å². The zero-order valence-corrected chi connectivity index (χ0v) is 20.1. The van der Waals surface area contributed by atoms with Gasteiger partial charge < -0.3 is 9.47 Å². The number of alkyl halides is 3. The largest absolute Gasteiger partial charge is 0.573 e. The Labute approximate surface area is 214 Å². The number of carbonyl (C=O) groups excluding carboxylic acids is 1. The predicted octanol–water partition coefficient (Wildman–Crippen LogP) is 5.41. The summed E-state index contributed by atoms with van der Waals surface area (Å²) in [6.07, 6.45) is -4.91. The number of halogens is 3. The molecule has 2 heterocycles. The second-order valence-corrected chi connectivity index (χ2v) is 8.52. The predicted molar refractivity (Wildman–Crippen MR) is 135 cm³/mol. The molecule has 5 rings (SSSR count). The van der Waals surface area contributed by atoms with E-state index in [2.05, 4.69) is 25.2 Å². The van der Waals surface area contributed by atoms with Crippen LogP contribution in [0.1, 0.15) is 23.7 Å². The average Bonchev–Trinajstić information content (AvgIpc) is 3.27. The molecule has 3 aromatic carbocycles. The highest BCUT2D eigenvalue weighted by atomic mass is 19.4. The van der Waals surface area contributed by atoms with Crippen molar-refractivity contribution in [2.75, 3.05) is 6.61 Å². The van der Waals surface area contributed by atoms with Gasteiger partial charge in [-0.2, -0.15) is 5.10 Å². The molecule has 2 N–H and O–H groups in total. The third kappa shape index (κ3) is 5.36. The Balaban J connectivity index is 1.52. The van der Waals surface area contributed by atoms with Gasteiger partial charge in [-0.05, 0) is 47.9 Å². The number of aromatic amines is 1. The number of rotatable bonds is 5. The number of nitrogens with zero attached hydrogens (tertiary/aromatic N) is 2. The fraction of sp³-hybridized carbons (Fsp3) is 0.185. The zero-order chi connectivity index (χ0) is 26.9. The Bertz CT molecular complexity index is 1630. The molecule has 0 saturated carbocycles. The molecule has 0 radical (unpaired) electrons. The number of benzene rings is 3. The Morgan fingerprint density at radius 3 is 2.63 bits per heavy atom. The summed E-state index contributed by atoms with van der Waals surface area (Å²) in [5, 5.41) is 10.3. The van der Waals surface area contributed by atoms with Crippen LogP contribution in [0.5, 0.6) is 5.75 Å². The van der Waals surface area contributed by atoms with Gasteiger partial charge in [-0.15, -0.1) is 13.2 Å². The molecule has 1 aliphatic rings. The summed E-state index contributed by atoms with van der Waals surface area (Å²) in [6, 6.07) is 16.4. The van der Waals surface area contributed by atoms with E-state index in [1.165, 1.54) is 12.1 Å². The molecular weight excluding hydrogens is 501 g/mol. The van der Waals surface area contributed by atoms with E-state index in [1.54, 1.807) is 55.5 Å². The first-order valence-electron chi connectivity index (χ1n) is 11.7. The highest BCUT2D eigenvalue weighted by molar-refractivity contribution is 6.01. The molecule has 1 aromatic heterocycles. The molecule has 0 fully saturated rings. The van der Waals surface area contributed by atoms with Crippen molar-refractivity contribution in [3.63, 3.8) is 0 Å². The number of amidine groups is 1. The first kappa shape index (κ1) is 25.0. The fourth-order valence-corrected chi connectivity index (χ4v) is 4.33. The molecule has 8 nitrogen and oxygen atoms in total. The van der Waals surface area contributed by atoms with Crippen LogP contribution in [0.15, 0.2) is 70.5 Å². The number of nitrogens with one attached hydrogen (secondary N) is 2. The van der Waals surface area contributed by atoms with Gasteiger partial charge in [0.1, 0.15) is 11.6 Å². The first-order chi connectivity index (χ1) is 18.2. The van der Waals surface area contributed by atoms with Crippen molar-refractivity contribution in [3.8, 4) is 16.9 Å². The third-order valence-electron chi connectivity index (χ3n) is 5.95. The zero-order valence-electron chi connectivity index (χ0n) is 20.1. The monoisotopic (exact) mass is 522 g/mol. The Morgan fingerprint density at radius 1 is 1.08 bits per heavy atom. The van der Waals surface area contributed by atoms with E-state index in [4.69, 9.17) is 4.74 Å². The van der Waals surface area contributed by atoms with E-state index in [-0.39, 0.29) is 29.9 Å². The summed E-state index contributed by atoms with van der Waals surface area (Å²) >= 11 is 0. The minimum Gasteiger partial charge on any atom is -0.450 e. The molecule has 0 spiro atoms. The number of alkyl carbamates (subject to hydrolysis) is 1. The van der Waals surface area contributed by atoms with Gasteiger partial charge in [0.2, 0.25) is 0 Å². The second-order valence-electron chi connectivity index (χ2n) is 8.52. The van der Waals surface area contributed by atoms with Crippen LogP contribution < -0.4 is 15.6 Å². The molecule has 1 amide bonds. The van der Waals surface area contributed by atoms with Crippen LogP contribution in [0.2, 0.25) is 0 Å². The van der Waals surface area contributed by atoms with Gasteiger partial charge in [-0.25, -0.2) is 14.9 Å². The maximum absolute atomic E-state index is 13.2. The Hall–Kier alpha value is -4.67. The highest BCUT2D eigenvalue weighted by Gasteiger charge is 2.32. The molecule has 0 aliphatic carbocycles. The number of hydrogen-bond donors (Lipinski definition) is 2. The van der Waals surface area contributed by atoms with E-state index in [0.717, 1.165) is 5.56 Å². The molecule has 0 unspecified atom stereocenters. The first-order valence-corrected chi connectivity index (χ1v) is 11.7. The van der Waals surface area contributed by atoms with Crippen molar-refractivity contribution >= 4 is 28.4 Å². The van der Waals surface area contributed by atoms with Crippen molar-refractivity contribution in [2.24, 2.45) is 4.99 Å². The molecule has 11 heteroatoms. The number of H-pyrrole nitrogens is 1. The van der Waals surface area contributed by atoms with Crippen molar-refractivity contribution in [1.29, 1.82) is 0 Å². The average molecular weight is 522 g/mol. The van der Waals surface area contributed by atoms with Crippen molar-refractivity contribution in [1.82, 2.24) is 15.5 Å². The van der Waals surface area contributed by atoms with Crippen LogP contribution in [0, 0.1) is 0 Å². The summed E-state index contributed by atoms with van der Waals surface area (Å²) in [5.74, 6) is 0.0134. The minimum absolute atomic E-state index is 0.207. The van der Waals surface area contributed by atoms with Gasteiger partial charge in [0, 0.05) is 23.8 Å². The number of carbonyl (C=O) groups is 1. The second kappa shape index (κ2) is 10.0. The lowest BCUT2D eigenvalue weighted by Crippen LogP contribution is -2.30. The van der Waals surface area contributed by atoms with Crippen molar-refractivity contribution in [2.45, 2.75) is 26.1 Å². The SMILES string of the molecule is CCOC(=O)NC1=Nc2cc(-c3cc(Cc4n[nH]c(=O)c5ccccc45)ccc3OC(F)(F)F)ccc2C1. The summed E-state index contributed by atoms with van der Waals surface area (Å²) in [7, 11) is 0. The highest BCUT2D eigenvalue weighted by Crippen LogP contribution is 2.38. The number of ether oxygens (including phenoxy) is 2. The molecule has 0 bridgehead atoms. The van der Waals surface area contributed by atoms with Crippen LogP contribution in [0.4, 0.5) is 23.7 Å². The molecule has 4 aromatic rings. The fourth-order valence-electron chi connectivity index (χ4n) is 4.33. The maximum Gasteiger partial charge on any atom is 0.573 e. The number of hydrogen-bond acceptors (Lipinski definition) is 6. The topological polar surface area (TPSA) is 106 Å². The van der Waals surface area contributed by atoms with Gasteiger partial charge in [0.05, 0.1) is 23.4 Å². The lowest BCUT2D eigenvalue weighted by atomic mass is 9.97. The molecule has 0 atom stereocenters. The summed E-state index contributed by atoms with van der Waals surface area (Å²) in [4.78, 5) is 28.3. The Kier molecular flexibility index (Phi) is 6.58. The molecule has 1 aliphatic heterocycles. The van der Waals surface area contributed by atoms with E-state index in [9.17, 15) is 22.8 Å². The van der Waals surface area contributed by atoms with E-state index >= 15 is 0 Å². The van der Waals surface area contributed by atoms with Gasteiger partial charge in [0.25, 0.3) is 5.56 Å². The molecule has 38 heavy (non-hydrogen) atoms. The van der Waals surface area contributed by atoms with Crippen LogP contribution in [-0.4, -0.2) is 35.1 Å². The summed E-state index contributed by atoms with van der Waals surface area (Å²) in [6.45, 7) is 1.89. The number of aliphatic imine (C=N–C) groups is 1. The van der Waals surface area contributed by atoms with Crippen LogP contribution in [-0.2, 0) is 17.6 Å². The smallest absolute Gasteiger partial charge is 0.450 e. The number of amides is 1. The summed E-state index contributed by atoms with van der Waals surface area (Å²) < 4.78 is 48.8. The lowest BCUT2D eigenvalue weighted by Gasteiger charge is -2.15. The van der Waals surface area contributed by atoms with Gasteiger partial charge in [-0.3, -0.25) is 10.1 Å². The molecule has 194 valence electrons. The van der Waals surface area contributed by atoms with Crippen LogP contribution >= 0.6 is 0 Å². The van der Waals surface area contributed by atoms with E-state index in [1.807, 2.05) is 0 Å². The van der Waals surface area contributed by atoms with Gasteiger partial charge in [0.15, 0.2) is 0 Å². The van der Waals surface area contributed by atoms with Gasteiger partial charge >= 0.3 is 12.5 Å². The minimum atomic E-state index is -4.89. The van der Waals surface area contributed by atoms with Crippen LogP contribution in [0.25, 0.3) is 21.9 Å². The van der Waals surface area contributed by atoms with Crippen molar-refractivity contribution < 1.29 is 27.4 Å². The van der Waals surface area contributed by atoms with Crippen molar-refractivity contribution in [3.05, 3.63) is 87.8 Å². The lowest BCUT2D eigenvalue weighted by molar-refractivity contribution is -0.274. The normalized spacial score (nSPS) is 12.7.